The van der Waals surface area contributed by atoms with Gasteiger partial charge in [0.25, 0.3) is 17.5 Å². The van der Waals surface area contributed by atoms with Crippen LogP contribution in [0.5, 0.6) is 17.2 Å². The first-order valence-corrected chi connectivity index (χ1v) is 17.6. The number of methoxy groups -OCH3 is 1. The van der Waals surface area contributed by atoms with E-state index < -0.39 is 94.6 Å². The fraction of sp³-hybridized carbons (Fsp3) is 0.306. The maximum Gasteiger partial charge on any atom is 0.352 e. The van der Waals surface area contributed by atoms with Gasteiger partial charge in [0, 0.05) is 45.3 Å². The molecule has 2 aromatic carbocycles. The number of hydrogen-bond acceptors (Lipinski definition) is 16. The summed E-state index contributed by atoms with van der Waals surface area (Å²) in [5.74, 6) is -9.08. The minimum Gasteiger partial charge on any atom is -0.482 e. The number of fused-ring (bicyclic) bond motifs is 2. The Bertz CT molecular complexity index is 2320. The third-order valence-corrected chi connectivity index (χ3v) is 9.75. The number of carbonyl (C=O) groups excluding carboxylic acids is 6. The van der Waals surface area contributed by atoms with E-state index in [9.17, 15) is 48.3 Å². The lowest BCUT2D eigenvalue weighted by atomic mass is 9.96. The van der Waals surface area contributed by atoms with Crippen LogP contribution in [0.3, 0.4) is 0 Å². The van der Waals surface area contributed by atoms with Gasteiger partial charge in [-0.05, 0) is 30.7 Å². The van der Waals surface area contributed by atoms with E-state index in [-0.39, 0.29) is 50.9 Å². The summed E-state index contributed by atoms with van der Waals surface area (Å²) in [6, 6.07) is 5.63. The maximum absolute atomic E-state index is 14.2. The van der Waals surface area contributed by atoms with Crippen LogP contribution in [-0.4, -0.2) is 99.9 Å². The summed E-state index contributed by atoms with van der Waals surface area (Å²) in [6.07, 6.45) is 0. The van der Waals surface area contributed by atoms with Gasteiger partial charge in [-0.3, -0.25) is 38.5 Å². The normalized spacial score (nSPS) is 17.7. The highest BCUT2D eigenvalue weighted by molar-refractivity contribution is 8.00. The lowest BCUT2D eigenvalue weighted by molar-refractivity contribution is -0.193. The molecule has 2 aliphatic heterocycles. The number of hydrogen-bond donors (Lipinski definition) is 4. The van der Waals surface area contributed by atoms with Crippen molar-refractivity contribution in [2.75, 3.05) is 26.1 Å². The minimum atomic E-state index is -2.17. The fourth-order valence-electron chi connectivity index (χ4n) is 5.95. The predicted octanol–water partition coefficient (Wildman–Crippen LogP) is 1.16. The zero-order chi connectivity index (χ0) is 41.9. The first-order chi connectivity index (χ1) is 26.9. The predicted molar refractivity (Wildman–Crippen MR) is 192 cm³/mol. The molecule has 0 saturated carbocycles. The molecular weight excluding hydrogens is 778 g/mol. The average Bonchev–Trinajstić information content (AvgIpc) is 3.13. The second-order valence-electron chi connectivity index (χ2n) is 12.3. The van der Waals surface area contributed by atoms with Gasteiger partial charge in [0.05, 0.1) is 5.39 Å². The van der Waals surface area contributed by atoms with E-state index in [2.05, 4.69) is 10.6 Å². The Kier molecular flexibility index (Phi) is 12.0. The first-order valence-electron chi connectivity index (χ1n) is 16.5. The number of esters is 3. The molecule has 21 heteroatoms. The zero-order valence-electron chi connectivity index (χ0n) is 30.6. The van der Waals surface area contributed by atoms with Crippen molar-refractivity contribution in [3.63, 3.8) is 0 Å². The number of nitrogens with one attached hydrogen (secondary N) is 2. The van der Waals surface area contributed by atoms with Gasteiger partial charge in [0.1, 0.15) is 46.4 Å². The van der Waals surface area contributed by atoms with E-state index in [1.165, 1.54) is 31.2 Å². The van der Waals surface area contributed by atoms with E-state index in [1.54, 1.807) is 0 Å². The Morgan fingerprint density at radius 1 is 0.965 bits per heavy atom. The van der Waals surface area contributed by atoms with Gasteiger partial charge >= 0.3 is 29.8 Å². The summed E-state index contributed by atoms with van der Waals surface area (Å²) in [7, 11) is 1.09. The van der Waals surface area contributed by atoms with Crippen LogP contribution in [0.25, 0.3) is 11.0 Å². The number of carboxylic acids is 2. The molecule has 3 heterocycles. The number of thioether (sulfide) groups is 1. The Labute approximate surface area is 325 Å². The molecular formula is C36H33N3O17S. The SMILES string of the molecule is CO[C@@]1(NC(=O)C(NC(=O)c2c(C)oc3cc(OC(C)=O)c(OC(C)=O)cc3c2=O)c2ccc(OCC(=O)O)cc2)C(=O)N2C(C(=O)O)=C(COC(C)=O)CS[C@H]21. The molecule has 3 atom stereocenters. The maximum atomic E-state index is 14.2. The summed E-state index contributed by atoms with van der Waals surface area (Å²) < 4.78 is 31.6. The third kappa shape index (κ3) is 8.43. The Morgan fingerprint density at radius 3 is 2.16 bits per heavy atom. The van der Waals surface area contributed by atoms with Gasteiger partial charge in [-0.15, -0.1) is 11.8 Å². The molecule has 300 valence electrons. The van der Waals surface area contributed by atoms with Crippen LogP contribution in [0.1, 0.15) is 48.5 Å². The molecule has 1 fully saturated rings. The molecule has 3 amide bonds. The van der Waals surface area contributed by atoms with Crippen LogP contribution in [0, 0.1) is 6.92 Å². The van der Waals surface area contributed by atoms with Crippen molar-refractivity contribution in [3.05, 3.63) is 74.8 Å². The number of nitrogens with zero attached hydrogens (tertiary/aromatic N) is 1. The van der Waals surface area contributed by atoms with Crippen molar-refractivity contribution < 1.29 is 76.7 Å². The molecule has 0 bridgehead atoms. The standard InChI is InChI=1S/C36H33N3O17S/c1-15-27(30(45)22-10-24(55-17(3)41)25(56-18(4)42)11-23(22)54-15)31(46)37-28(19-6-8-21(9-7-19)53-13-26(43)44)32(47)38-36(51-5)34(50)39-29(33(48)49)20(12-52-16(2)40)14-57-35(36)39/h6-11,28,35H,12-14H2,1-5H3,(H,37,46)(H,38,47)(H,43,44)(H,48,49)/t28?,35-,36-/m0/s1. The largest absolute Gasteiger partial charge is 0.482 e. The van der Waals surface area contributed by atoms with E-state index in [0.717, 1.165) is 56.7 Å². The van der Waals surface area contributed by atoms with Gasteiger partial charge in [-0.25, -0.2) is 9.59 Å². The summed E-state index contributed by atoms with van der Waals surface area (Å²) in [4.78, 5) is 115. The third-order valence-electron chi connectivity index (χ3n) is 8.37. The minimum absolute atomic E-state index is 0.0375. The number of rotatable bonds is 14. The molecule has 0 spiro atoms. The number of β-lactam (4-membered cyclic amide) rings is 1. The average molecular weight is 812 g/mol. The quantitative estimate of drug-likeness (QED) is 0.0769. The Hall–Kier alpha value is -6.74. The number of ether oxygens (including phenoxy) is 5. The lowest BCUT2D eigenvalue weighted by Crippen LogP contribution is -2.81. The van der Waals surface area contributed by atoms with Crippen LogP contribution in [0.2, 0.25) is 0 Å². The van der Waals surface area contributed by atoms with Crippen LogP contribution < -0.4 is 30.3 Å². The van der Waals surface area contributed by atoms with Gasteiger partial charge in [0.2, 0.25) is 11.3 Å². The molecule has 1 unspecified atom stereocenters. The van der Waals surface area contributed by atoms with E-state index in [1.807, 2.05) is 0 Å². The van der Waals surface area contributed by atoms with E-state index in [0.29, 0.717) is 0 Å². The summed E-state index contributed by atoms with van der Waals surface area (Å²) in [5, 5.41) is 22.5. The molecule has 1 aromatic heterocycles. The molecule has 2 aliphatic rings. The topological polar surface area (TPSA) is 281 Å². The van der Waals surface area contributed by atoms with Gasteiger partial charge < -0.3 is 48.9 Å². The van der Waals surface area contributed by atoms with E-state index >= 15 is 0 Å². The van der Waals surface area contributed by atoms with E-state index in [4.69, 9.17) is 33.2 Å². The molecule has 57 heavy (non-hydrogen) atoms. The summed E-state index contributed by atoms with van der Waals surface area (Å²) in [6.45, 7) is 3.46. The van der Waals surface area contributed by atoms with Crippen molar-refractivity contribution in [1.82, 2.24) is 15.5 Å². The zero-order valence-corrected chi connectivity index (χ0v) is 31.4. The highest BCUT2D eigenvalue weighted by Gasteiger charge is 2.67. The fourth-order valence-corrected chi connectivity index (χ4v) is 7.37. The second-order valence-corrected chi connectivity index (χ2v) is 13.4. The number of aliphatic carboxylic acids is 2. The molecule has 0 radical (unpaired) electrons. The van der Waals surface area contributed by atoms with Crippen molar-refractivity contribution in [2.45, 2.75) is 44.8 Å². The monoisotopic (exact) mass is 811 g/mol. The van der Waals surface area contributed by atoms with Crippen LogP contribution in [-0.2, 0) is 43.0 Å². The van der Waals surface area contributed by atoms with Crippen LogP contribution >= 0.6 is 11.8 Å². The molecule has 5 rings (SSSR count). The Balaban J connectivity index is 1.52. The molecule has 20 nitrogen and oxygen atoms in total. The molecule has 1 saturated heterocycles. The van der Waals surface area contributed by atoms with Gasteiger partial charge in [-0.2, -0.15) is 0 Å². The smallest absolute Gasteiger partial charge is 0.352 e. The van der Waals surface area contributed by atoms with Crippen molar-refractivity contribution in [1.29, 1.82) is 0 Å². The van der Waals surface area contributed by atoms with Crippen molar-refractivity contribution in [2.24, 2.45) is 0 Å². The number of carbonyl (C=O) groups is 8. The van der Waals surface area contributed by atoms with Gasteiger partial charge in [0.15, 0.2) is 18.1 Å². The summed E-state index contributed by atoms with van der Waals surface area (Å²) in [5.41, 5.74) is -4.18. The van der Waals surface area contributed by atoms with Crippen LogP contribution in [0.15, 0.2) is 56.9 Å². The second kappa shape index (κ2) is 16.5. The van der Waals surface area contributed by atoms with Crippen LogP contribution in [0.4, 0.5) is 0 Å². The van der Waals surface area contributed by atoms with Gasteiger partial charge in [-0.1, -0.05) is 12.1 Å². The number of benzene rings is 2. The molecule has 4 N–H and O–H groups in total. The van der Waals surface area contributed by atoms with Crippen molar-refractivity contribution >= 4 is 70.3 Å². The molecule has 3 aromatic rings. The molecule has 0 aliphatic carbocycles. The Morgan fingerprint density at radius 2 is 1.60 bits per heavy atom. The first kappa shape index (κ1) is 41.4. The summed E-state index contributed by atoms with van der Waals surface area (Å²) >= 11 is 1.00. The number of amides is 3. The number of carboxylic acid groups (broad SMARTS) is 2. The van der Waals surface area contributed by atoms with Crippen molar-refractivity contribution in [3.8, 4) is 17.2 Å². The lowest BCUT2D eigenvalue weighted by Gasteiger charge is -2.56. The number of aryl methyl sites for hydroxylation is 1. The highest BCUT2D eigenvalue weighted by atomic mass is 32.2. The highest BCUT2D eigenvalue weighted by Crippen LogP contribution is 2.47.